The third-order valence-electron chi connectivity index (χ3n) is 3.71. The van der Waals surface area contributed by atoms with Gasteiger partial charge in [-0.3, -0.25) is 4.90 Å². The lowest BCUT2D eigenvalue weighted by molar-refractivity contribution is 0.0257. The largest absolute Gasteiger partial charge is 0.492 e. The van der Waals surface area contributed by atoms with Crippen molar-refractivity contribution in [2.24, 2.45) is 0 Å². The quantitative estimate of drug-likeness (QED) is 0.846. The first kappa shape index (κ1) is 18.5. The zero-order valence-corrected chi connectivity index (χ0v) is 14.8. The second kappa shape index (κ2) is 8.33. The monoisotopic (exact) mass is 338 g/mol. The van der Waals surface area contributed by atoms with Crippen molar-refractivity contribution in [1.29, 1.82) is 0 Å². The van der Waals surface area contributed by atoms with Gasteiger partial charge in [-0.15, -0.1) is 0 Å². The van der Waals surface area contributed by atoms with Gasteiger partial charge in [-0.1, -0.05) is 6.07 Å². The van der Waals surface area contributed by atoms with Gasteiger partial charge >= 0.3 is 6.09 Å². The minimum Gasteiger partial charge on any atom is -0.492 e. The lowest BCUT2D eigenvalue weighted by Crippen LogP contribution is -2.39. The number of benzene rings is 1. The molecule has 6 heteroatoms. The molecule has 0 atom stereocenters. The molecule has 134 valence electrons. The Morgan fingerprint density at radius 1 is 1.21 bits per heavy atom. The van der Waals surface area contributed by atoms with Crippen LogP contribution in [0.15, 0.2) is 24.3 Å². The summed E-state index contributed by atoms with van der Waals surface area (Å²) >= 11 is 0. The van der Waals surface area contributed by atoms with E-state index in [9.17, 15) is 9.18 Å². The van der Waals surface area contributed by atoms with E-state index in [0.29, 0.717) is 25.4 Å². The van der Waals surface area contributed by atoms with Crippen LogP contribution in [0.5, 0.6) is 5.75 Å². The third kappa shape index (κ3) is 6.35. The van der Waals surface area contributed by atoms with Crippen LogP contribution in [-0.4, -0.2) is 60.8 Å². The van der Waals surface area contributed by atoms with Gasteiger partial charge in [-0.25, -0.2) is 9.18 Å². The maximum absolute atomic E-state index is 13.1. The molecule has 0 radical (unpaired) electrons. The van der Waals surface area contributed by atoms with Gasteiger partial charge in [0.2, 0.25) is 0 Å². The Labute approximate surface area is 143 Å². The highest BCUT2D eigenvalue weighted by molar-refractivity contribution is 5.68. The van der Waals surface area contributed by atoms with Crippen molar-refractivity contribution in [2.45, 2.75) is 32.8 Å². The molecule has 0 spiro atoms. The summed E-state index contributed by atoms with van der Waals surface area (Å²) in [6.45, 7) is 9.91. The number of carbonyl (C=O) groups is 1. The molecule has 0 saturated carbocycles. The topological polar surface area (TPSA) is 42.0 Å². The molecule has 5 nitrogen and oxygen atoms in total. The Hall–Kier alpha value is -1.82. The van der Waals surface area contributed by atoms with E-state index >= 15 is 0 Å². The maximum Gasteiger partial charge on any atom is 0.410 e. The fourth-order valence-electron chi connectivity index (χ4n) is 2.55. The highest BCUT2D eigenvalue weighted by Crippen LogP contribution is 2.13. The predicted octanol–water partition coefficient (Wildman–Crippen LogP) is 3.15. The van der Waals surface area contributed by atoms with Crippen molar-refractivity contribution >= 4 is 6.09 Å². The molecule has 1 amide bonds. The Balaban J connectivity index is 1.74. The van der Waals surface area contributed by atoms with Crippen LogP contribution in [0.4, 0.5) is 9.18 Å². The highest BCUT2D eigenvalue weighted by atomic mass is 19.1. The number of rotatable bonds is 4. The van der Waals surface area contributed by atoms with Crippen LogP contribution in [-0.2, 0) is 4.74 Å². The van der Waals surface area contributed by atoms with E-state index in [1.54, 1.807) is 17.0 Å². The molecule has 2 rings (SSSR count). The van der Waals surface area contributed by atoms with Crippen LogP contribution in [0.3, 0.4) is 0 Å². The summed E-state index contributed by atoms with van der Waals surface area (Å²) in [5.41, 5.74) is -0.470. The summed E-state index contributed by atoms with van der Waals surface area (Å²) in [5.74, 6) is 0.246. The Morgan fingerprint density at radius 2 is 2.00 bits per heavy atom. The number of nitrogens with zero attached hydrogens (tertiary/aromatic N) is 2. The number of hydrogen-bond donors (Lipinski definition) is 0. The zero-order chi connectivity index (χ0) is 17.6. The lowest BCUT2D eigenvalue weighted by atomic mass is 10.2. The summed E-state index contributed by atoms with van der Waals surface area (Å²) in [5, 5.41) is 0. The molecule has 0 N–H and O–H groups in total. The molecule has 1 fully saturated rings. The Kier molecular flexibility index (Phi) is 6.43. The van der Waals surface area contributed by atoms with E-state index in [4.69, 9.17) is 9.47 Å². The minimum absolute atomic E-state index is 0.250. The molecular weight excluding hydrogens is 311 g/mol. The number of amides is 1. The molecule has 0 aliphatic carbocycles. The first-order chi connectivity index (χ1) is 11.3. The first-order valence-corrected chi connectivity index (χ1v) is 8.42. The van der Waals surface area contributed by atoms with E-state index in [-0.39, 0.29) is 11.9 Å². The van der Waals surface area contributed by atoms with Crippen molar-refractivity contribution in [3.63, 3.8) is 0 Å². The van der Waals surface area contributed by atoms with Gasteiger partial charge in [-0.2, -0.15) is 0 Å². The molecule has 0 aromatic heterocycles. The molecule has 1 aromatic rings. The zero-order valence-electron chi connectivity index (χ0n) is 14.8. The molecule has 0 unspecified atom stereocenters. The van der Waals surface area contributed by atoms with Gasteiger partial charge in [0.1, 0.15) is 23.8 Å². The van der Waals surface area contributed by atoms with E-state index in [0.717, 1.165) is 26.1 Å². The second-order valence-corrected chi connectivity index (χ2v) is 6.97. The molecule has 24 heavy (non-hydrogen) atoms. The smallest absolute Gasteiger partial charge is 0.410 e. The van der Waals surface area contributed by atoms with Gasteiger partial charge in [0, 0.05) is 38.8 Å². The molecule has 1 saturated heterocycles. The van der Waals surface area contributed by atoms with Crippen LogP contribution in [0, 0.1) is 5.82 Å². The maximum atomic E-state index is 13.1. The fraction of sp³-hybridized carbons (Fsp3) is 0.611. The summed E-state index contributed by atoms with van der Waals surface area (Å²) in [6, 6.07) is 6.16. The summed E-state index contributed by atoms with van der Waals surface area (Å²) in [6.07, 6.45) is 0.652. The predicted molar refractivity (Wildman–Crippen MR) is 90.8 cm³/mol. The SMILES string of the molecule is CC(C)(C)OC(=O)N1CCCN(CCOc2cccc(F)c2)CC1. The number of halogens is 1. The summed E-state index contributed by atoms with van der Waals surface area (Å²) in [7, 11) is 0. The van der Waals surface area contributed by atoms with E-state index < -0.39 is 5.60 Å². The number of hydrogen-bond acceptors (Lipinski definition) is 4. The van der Waals surface area contributed by atoms with Gasteiger partial charge < -0.3 is 14.4 Å². The standard InChI is InChI=1S/C18H27FN2O3/c1-18(2,3)24-17(22)21-9-5-8-20(10-11-21)12-13-23-16-7-4-6-15(19)14-16/h4,6-7,14H,5,8-13H2,1-3H3. The lowest BCUT2D eigenvalue weighted by Gasteiger charge is -2.26. The molecule has 1 heterocycles. The van der Waals surface area contributed by atoms with Crippen LogP contribution in [0.2, 0.25) is 0 Å². The van der Waals surface area contributed by atoms with Gasteiger partial charge in [0.25, 0.3) is 0 Å². The van der Waals surface area contributed by atoms with Crippen LogP contribution in [0.1, 0.15) is 27.2 Å². The molecule has 1 aliphatic rings. The number of ether oxygens (including phenoxy) is 2. The summed E-state index contributed by atoms with van der Waals surface area (Å²) < 4.78 is 24.1. The van der Waals surface area contributed by atoms with Gasteiger partial charge in [0.05, 0.1) is 0 Å². The summed E-state index contributed by atoms with van der Waals surface area (Å²) in [4.78, 5) is 16.1. The van der Waals surface area contributed by atoms with E-state index in [1.165, 1.54) is 12.1 Å². The molecule has 0 bridgehead atoms. The van der Waals surface area contributed by atoms with Crippen molar-refractivity contribution in [3.05, 3.63) is 30.1 Å². The normalized spacial score (nSPS) is 16.6. The average molecular weight is 338 g/mol. The van der Waals surface area contributed by atoms with Crippen molar-refractivity contribution in [3.8, 4) is 5.75 Å². The van der Waals surface area contributed by atoms with Crippen LogP contribution in [0.25, 0.3) is 0 Å². The minimum atomic E-state index is -0.470. The van der Waals surface area contributed by atoms with Crippen LogP contribution < -0.4 is 4.74 Å². The Bertz CT molecular complexity index is 545. The molecular formula is C18H27FN2O3. The van der Waals surface area contributed by atoms with Gasteiger partial charge in [0.15, 0.2) is 0 Å². The third-order valence-corrected chi connectivity index (χ3v) is 3.71. The Morgan fingerprint density at radius 3 is 2.71 bits per heavy atom. The average Bonchev–Trinajstić information content (AvgIpc) is 2.71. The fourth-order valence-corrected chi connectivity index (χ4v) is 2.55. The van der Waals surface area contributed by atoms with Crippen molar-refractivity contribution < 1.29 is 18.7 Å². The number of carbonyl (C=O) groups excluding carboxylic acids is 1. The van der Waals surface area contributed by atoms with Crippen molar-refractivity contribution in [1.82, 2.24) is 9.80 Å². The first-order valence-electron chi connectivity index (χ1n) is 8.42. The van der Waals surface area contributed by atoms with E-state index in [1.807, 2.05) is 20.8 Å². The van der Waals surface area contributed by atoms with Crippen molar-refractivity contribution in [2.75, 3.05) is 39.3 Å². The highest BCUT2D eigenvalue weighted by Gasteiger charge is 2.24. The van der Waals surface area contributed by atoms with E-state index in [2.05, 4.69) is 4.90 Å². The molecule has 1 aliphatic heterocycles. The second-order valence-electron chi connectivity index (χ2n) is 6.97. The molecule has 1 aromatic carbocycles. The van der Waals surface area contributed by atoms with Gasteiger partial charge in [-0.05, 0) is 39.3 Å². The van der Waals surface area contributed by atoms with Crippen LogP contribution >= 0.6 is 0 Å².